The average Bonchev–Trinajstić information content (AvgIpc) is 2.77. The van der Waals surface area contributed by atoms with E-state index in [0.717, 1.165) is 12.1 Å². The van der Waals surface area contributed by atoms with E-state index < -0.39 is 23.7 Å². The van der Waals surface area contributed by atoms with Crippen LogP contribution in [0.3, 0.4) is 0 Å². The van der Waals surface area contributed by atoms with Gasteiger partial charge in [0.2, 0.25) is 0 Å². The molecular formula is C13H13F2N3O2. The molecule has 1 aromatic heterocycles. The van der Waals surface area contributed by atoms with Crippen LogP contribution >= 0.6 is 0 Å². The predicted molar refractivity (Wildman–Crippen MR) is 68.2 cm³/mol. The summed E-state index contributed by atoms with van der Waals surface area (Å²) in [6, 6.07) is 4.02. The van der Waals surface area contributed by atoms with Gasteiger partial charge in [0, 0.05) is 6.07 Å². The first-order valence-corrected chi connectivity index (χ1v) is 5.91. The van der Waals surface area contributed by atoms with Crippen LogP contribution in [0.4, 0.5) is 19.4 Å². The van der Waals surface area contributed by atoms with Crippen LogP contribution in [0.15, 0.2) is 28.8 Å². The lowest BCUT2D eigenvalue weighted by atomic mass is 10.1. The largest absolute Gasteiger partial charge is 0.360 e. The van der Waals surface area contributed by atoms with Gasteiger partial charge in [-0.2, -0.15) is 0 Å². The van der Waals surface area contributed by atoms with Gasteiger partial charge in [-0.1, -0.05) is 11.2 Å². The van der Waals surface area contributed by atoms with Crippen LogP contribution in [0.5, 0.6) is 0 Å². The molecular weight excluding hydrogens is 268 g/mol. The number of carbonyl (C=O) groups excluding carboxylic acids is 1. The third-order valence-corrected chi connectivity index (χ3v) is 2.66. The molecule has 1 aromatic carbocycles. The lowest BCUT2D eigenvalue weighted by molar-refractivity contribution is 0.249. The van der Waals surface area contributed by atoms with Crippen molar-refractivity contribution in [2.24, 2.45) is 0 Å². The topological polar surface area (TPSA) is 67.2 Å². The molecule has 0 spiro atoms. The van der Waals surface area contributed by atoms with Crippen molar-refractivity contribution in [1.29, 1.82) is 0 Å². The van der Waals surface area contributed by atoms with Gasteiger partial charge in [0.05, 0.1) is 6.04 Å². The molecule has 2 N–H and O–H groups in total. The molecule has 0 saturated heterocycles. The Kier molecular flexibility index (Phi) is 3.97. The number of halogens is 2. The van der Waals surface area contributed by atoms with Gasteiger partial charge in [0.25, 0.3) is 0 Å². The molecule has 1 heterocycles. The Labute approximate surface area is 114 Å². The molecule has 0 aliphatic rings. The number of anilines is 1. The molecule has 2 amide bonds. The van der Waals surface area contributed by atoms with Crippen LogP contribution < -0.4 is 10.6 Å². The molecule has 20 heavy (non-hydrogen) atoms. The molecule has 2 rings (SSSR count). The fourth-order valence-corrected chi connectivity index (χ4v) is 1.64. The van der Waals surface area contributed by atoms with E-state index in [2.05, 4.69) is 15.8 Å². The first-order valence-electron chi connectivity index (χ1n) is 5.91. The first-order chi connectivity index (χ1) is 9.45. The van der Waals surface area contributed by atoms with Crippen LogP contribution in [0.25, 0.3) is 0 Å². The summed E-state index contributed by atoms with van der Waals surface area (Å²) in [4.78, 5) is 11.7. The number of nitrogens with one attached hydrogen (secondary N) is 2. The van der Waals surface area contributed by atoms with E-state index in [4.69, 9.17) is 4.52 Å². The highest BCUT2D eigenvalue weighted by molar-refractivity contribution is 5.88. The van der Waals surface area contributed by atoms with E-state index in [1.54, 1.807) is 19.9 Å². The van der Waals surface area contributed by atoms with Crippen molar-refractivity contribution < 1.29 is 18.1 Å². The Morgan fingerprint density at radius 2 is 2.05 bits per heavy atom. The van der Waals surface area contributed by atoms with Gasteiger partial charge < -0.3 is 9.84 Å². The molecule has 5 nitrogen and oxygen atoms in total. The number of nitrogens with zero attached hydrogens (tertiary/aromatic N) is 1. The van der Waals surface area contributed by atoms with Gasteiger partial charge in [-0.05, 0) is 31.5 Å². The minimum Gasteiger partial charge on any atom is -0.360 e. The molecule has 0 radical (unpaired) electrons. The van der Waals surface area contributed by atoms with E-state index in [9.17, 15) is 13.6 Å². The summed E-state index contributed by atoms with van der Waals surface area (Å²) in [7, 11) is 0. The van der Waals surface area contributed by atoms with E-state index in [1.165, 1.54) is 6.07 Å². The summed E-state index contributed by atoms with van der Waals surface area (Å²) < 4.78 is 30.7. The number of hydrogen-bond donors (Lipinski definition) is 2. The highest BCUT2D eigenvalue weighted by atomic mass is 19.2. The van der Waals surface area contributed by atoms with Crippen LogP contribution in [0, 0.1) is 18.6 Å². The maximum absolute atomic E-state index is 13.1. The van der Waals surface area contributed by atoms with Gasteiger partial charge in [0.15, 0.2) is 17.5 Å². The number of urea groups is 1. The fourth-order valence-electron chi connectivity index (χ4n) is 1.64. The number of hydrogen-bond acceptors (Lipinski definition) is 3. The lowest BCUT2D eigenvalue weighted by Crippen LogP contribution is -2.31. The zero-order valence-corrected chi connectivity index (χ0v) is 10.9. The van der Waals surface area contributed by atoms with E-state index in [0.29, 0.717) is 11.3 Å². The minimum absolute atomic E-state index is 0.275. The summed E-state index contributed by atoms with van der Waals surface area (Å²) in [5.74, 6) is -1.04. The number of aromatic nitrogens is 1. The zero-order chi connectivity index (χ0) is 14.7. The second-order valence-corrected chi connectivity index (χ2v) is 4.32. The average molecular weight is 281 g/mol. The number of amides is 2. The highest BCUT2D eigenvalue weighted by Crippen LogP contribution is 2.16. The number of rotatable bonds is 3. The number of aryl methyl sites for hydroxylation is 1. The third-order valence-electron chi connectivity index (χ3n) is 2.66. The fraction of sp³-hybridized carbons (Fsp3) is 0.231. The van der Waals surface area contributed by atoms with Crippen LogP contribution in [-0.4, -0.2) is 11.2 Å². The Bertz CT molecular complexity index is 628. The lowest BCUT2D eigenvalue weighted by Gasteiger charge is -2.14. The Morgan fingerprint density at radius 3 is 2.65 bits per heavy atom. The molecule has 0 unspecified atom stereocenters. The molecule has 2 aromatic rings. The molecule has 1 atom stereocenters. The molecule has 0 aliphatic carbocycles. The maximum Gasteiger partial charge on any atom is 0.320 e. The van der Waals surface area contributed by atoms with Crippen molar-refractivity contribution >= 4 is 11.8 Å². The van der Waals surface area contributed by atoms with E-state index >= 15 is 0 Å². The van der Waals surface area contributed by atoms with Crippen molar-refractivity contribution in [1.82, 2.24) is 10.5 Å². The Morgan fingerprint density at radius 1 is 1.30 bits per heavy atom. The molecule has 7 heteroatoms. The zero-order valence-electron chi connectivity index (χ0n) is 10.9. The van der Waals surface area contributed by atoms with Gasteiger partial charge in [-0.25, -0.2) is 13.6 Å². The standard InChI is InChI=1S/C13H13F2N3O2/c1-7-5-12(18-20-7)17-13(19)16-8(2)9-3-4-10(14)11(15)6-9/h3-6,8H,1-2H3,(H2,16,17,18,19)/t8-/m0/s1. The normalized spacial score (nSPS) is 12.0. The van der Waals surface area contributed by atoms with E-state index in [-0.39, 0.29) is 5.82 Å². The Balaban J connectivity index is 1.98. The second-order valence-electron chi connectivity index (χ2n) is 4.32. The number of carbonyl (C=O) groups is 1. The van der Waals surface area contributed by atoms with Crippen molar-refractivity contribution in [2.45, 2.75) is 19.9 Å². The smallest absolute Gasteiger partial charge is 0.320 e. The number of benzene rings is 1. The monoisotopic (exact) mass is 281 g/mol. The van der Waals surface area contributed by atoms with Crippen LogP contribution in [0.2, 0.25) is 0 Å². The third kappa shape index (κ3) is 3.31. The molecule has 0 aliphatic heterocycles. The predicted octanol–water partition coefficient (Wildman–Crippen LogP) is 3.14. The second kappa shape index (κ2) is 5.68. The summed E-state index contributed by atoms with van der Waals surface area (Å²) in [5.41, 5.74) is 0.454. The maximum atomic E-state index is 13.1. The van der Waals surface area contributed by atoms with Crippen LogP contribution in [-0.2, 0) is 0 Å². The Hall–Kier alpha value is -2.44. The molecule has 0 fully saturated rings. The van der Waals surface area contributed by atoms with Crippen molar-refractivity contribution in [3.05, 3.63) is 47.2 Å². The SMILES string of the molecule is Cc1cc(NC(=O)N[C@@H](C)c2ccc(F)c(F)c2)no1. The summed E-state index contributed by atoms with van der Waals surface area (Å²) in [6.45, 7) is 3.35. The minimum atomic E-state index is -0.955. The summed E-state index contributed by atoms with van der Waals surface area (Å²) in [5, 5.41) is 8.65. The summed E-state index contributed by atoms with van der Waals surface area (Å²) in [6.07, 6.45) is 0. The highest BCUT2D eigenvalue weighted by Gasteiger charge is 2.13. The van der Waals surface area contributed by atoms with Crippen molar-refractivity contribution in [3.63, 3.8) is 0 Å². The van der Waals surface area contributed by atoms with Gasteiger partial charge in [-0.3, -0.25) is 5.32 Å². The van der Waals surface area contributed by atoms with E-state index in [1.807, 2.05) is 0 Å². The summed E-state index contributed by atoms with van der Waals surface area (Å²) >= 11 is 0. The molecule has 0 saturated carbocycles. The van der Waals surface area contributed by atoms with Crippen molar-refractivity contribution in [3.8, 4) is 0 Å². The quantitative estimate of drug-likeness (QED) is 0.908. The van der Waals surface area contributed by atoms with Gasteiger partial charge in [-0.15, -0.1) is 0 Å². The first kappa shape index (κ1) is 14.0. The molecule has 0 bridgehead atoms. The van der Waals surface area contributed by atoms with Gasteiger partial charge >= 0.3 is 6.03 Å². The van der Waals surface area contributed by atoms with Crippen molar-refractivity contribution in [2.75, 3.05) is 5.32 Å². The van der Waals surface area contributed by atoms with Gasteiger partial charge in [0.1, 0.15) is 5.76 Å². The van der Waals surface area contributed by atoms with Crippen LogP contribution in [0.1, 0.15) is 24.3 Å². The molecule has 106 valence electrons.